The number of sulfonamides is 1. The number of aryl methyl sites for hydroxylation is 2. The number of carbonyl (C=O) groups excluding carboxylic acids is 1. The summed E-state index contributed by atoms with van der Waals surface area (Å²) in [5.41, 5.74) is 2.89. The maximum atomic E-state index is 12.9. The predicted octanol–water partition coefficient (Wildman–Crippen LogP) is 4.22. The van der Waals surface area contributed by atoms with E-state index in [0.29, 0.717) is 22.7 Å². The molecule has 0 spiro atoms. The predicted molar refractivity (Wildman–Crippen MR) is 124 cm³/mol. The van der Waals surface area contributed by atoms with Crippen molar-refractivity contribution in [1.82, 2.24) is 10.3 Å². The number of nitrogens with one attached hydrogen (secondary N) is 2. The summed E-state index contributed by atoms with van der Waals surface area (Å²) >= 11 is 0. The minimum absolute atomic E-state index is 0.0407. The van der Waals surface area contributed by atoms with Gasteiger partial charge in [-0.05, 0) is 69.2 Å². The van der Waals surface area contributed by atoms with Gasteiger partial charge in [0.15, 0.2) is 0 Å². The Morgan fingerprint density at radius 3 is 2.59 bits per heavy atom. The van der Waals surface area contributed by atoms with Crippen molar-refractivity contribution in [2.75, 3.05) is 4.72 Å². The number of ether oxygens (including phenoxy) is 1. The quantitative estimate of drug-likeness (QED) is 0.532. The average Bonchev–Trinajstić information content (AvgIpc) is 2.74. The van der Waals surface area contributed by atoms with Gasteiger partial charge in [-0.25, -0.2) is 13.4 Å². The third-order valence-corrected chi connectivity index (χ3v) is 6.17. The van der Waals surface area contributed by atoms with Crippen LogP contribution in [0.15, 0.2) is 65.7 Å². The fourth-order valence-electron chi connectivity index (χ4n) is 3.10. The normalized spacial score (nSPS) is 11.3. The number of hydrogen-bond acceptors (Lipinski definition) is 5. The van der Waals surface area contributed by atoms with Crippen LogP contribution in [-0.4, -0.2) is 25.4 Å². The standard InChI is InChI=1S/C24H27N3O4S/c1-16(2)31-24-20(8-6-12-25-24)15-26-23(28)19-7-5-9-21(14-19)27-32(29,30)22-13-17(3)10-11-18(22)4/h5-14,16,27H,15H2,1-4H3,(H,26,28). The topological polar surface area (TPSA) is 97.4 Å². The molecule has 2 aromatic carbocycles. The second-order valence-corrected chi connectivity index (χ2v) is 9.42. The molecule has 0 fully saturated rings. The van der Waals surface area contributed by atoms with Gasteiger partial charge in [0.25, 0.3) is 15.9 Å². The van der Waals surface area contributed by atoms with Crippen LogP contribution in [0.1, 0.15) is 40.9 Å². The number of hydrogen-bond donors (Lipinski definition) is 2. The van der Waals surface area contributed by atoms with Crippen LogP contribution in [0, 0.1) is 13.8 Å². The van der Waals surface area contributed by atoms with Crippen LogP contribution in [0.2, 0.25) is 0 Å². The Bertz CT molecular complexity index is 1220. The number of rotatable bonds is 8. The molecule has 2 N–H and O–H groups in total. The van der Waals surface area contributed by atoms with Gasteiger partial charge in [0.2, 0.25) is 5.88 Å². The molecule has 3 aromatic rings. The molecule has 1 aromatic heterocycles. The van der Waals surface area contributed by atoms with Crippen molar-refractivity contribution < 1.29 is 17.9 Å². The van der Waals surface area contributed by atoms with Crippen LogP contribution in [0.3, 0.4) is 0 Å². The van der Waals surface area contributed by atoms with E-state index in [2.05, 4.69) is 15.0 Å². The Kier molecular flexibility index (Phi) is 7.15. The number of nitrogens with zero attached hydrogens (tertiary/aromatic N) is 1. The molecule has 7 nitrogen and oxygen atoms in total. The van der Waals surface area contributed by atoms with E-state index in [-0.39, 0.29) is 23.5 Å². The molecule has 0 saturated heterocycles. The maximum absolute atomic E-state index is 12.9. The number of benzene rings is 2. The fourth-order valence-corrected chi connectivity index (χ4v) is 4.48. The molecule has 32 heavy (non-hydrogen) atoms. The van der Waals surface area contributed by atoms with Crippen molar-refractivity contribution in [2.45, 2.75) is 45.2 Å². The van der Waals surface area contributed by atoms with Crippen LogP contribution >= 0.6 is 0 Å². The van der Waals surface area contributed by atoms with Crippen LogP contribution in [0.5, 0.6) is 5.88 Å². The molecule has 8 heteroatoms. The van der Waals surface area contributed by atoms with E-state index in [0.717, 1.165) is 11.1 Å². The lowest BCUT2D eigenvalue weighted by Crippen LogP contribution is -2.24. The van der Waals surface area contributed by atoms with E-state index in [1.165, 1.54) is 6.07 Å². The summed E-state index contributed by atoms with van der Waals surface area (Å²) in [5.74, 6) is 0.134. The van der Waals surface area contributed by atoms with Gasteiger partial charge in [0.1, 0.15) is 0 Å². The lowest BCUT2D eigenvalue weighted by atomic mass is 10.2. The molecule has 3 rings (SSSR count). The monoisotopic (exact) mass is 453 g/mol. The van der Waals surface area contributed by atoms with Gasteiger partial charge in [0, 0.05) is 29.6 Å². The summed E-state index contributed by atoms with van der Waals surface area (Å²) in [6.45, 7) is 7.62. The largest absolute Gasteiger partial charge is 0.475 e. The third kappa shape index (κ3) is 5.85. The van der Waals surface area contributed by atoms with Crippen molar-refractivity contribution in [1.29, 1.82) is 0 Å². The molecule has 0 atom stereocenters. The molecule has 0 aliphatic carbocycles. The van der Waals surface area contributed by atoms with Gasteiger partial charge >= 0.3 is 0 Å². The Hall–Kier alpha value is -3.39. The van der Waals surface area contributed by atoms with Gasteiger partial charge in [-0.3, -0.25) is 9.52 Å². The zero-order valence-electron chi connectivity index (χ0n) is 18.5. The Balaban J connectivity index is 1.74. The first-order valence-corrected chi connectivity index (χ1v) is 11.7. The van der Waals surface area contributed by atoms with E-state index in [1.54, 1.807) is 49.5 Å². The molecular formula is C24H27N3O4S. The first-order valence-electron chi connectivity index (χ1n) is 10.2. The smallest absolute Gasteiger partial charge is 0.262 e. The van der Waals surface area contributed by atoms with Crippen LogP contribution in [-0.2, 0) is 16.6 Å². The SMILES string of the molecule is Cc1ccc(C)c(S(=O)(=O)Nc2cccc(C(=O)NCc3cccnc3OC(C)C)c2)c1. The number of pyridine rings is 1. The first-order chi connectivity index (χ1) is 15.2. The highest BCUT2D eigenvalue weighted by Gasteiger charge is 2.18. The van der Waals surface area contributed by atoms with E-state index < -0.39 is 10.0 Å². The molecule has 0 bridgehead atoms. The summed E-state index contributed by atoms with van der Waals surface area (Å²) in [6.07, 6.45) is 1.59. The first kappa shape index (κ1) is 23.3. The van der Waals surface area contributed by atoms with Crippen molar-refractivity contribution in [3.63, 3.8) is 0 Å². The van der Waals surface area contributed by atoms with E-state index in [4.69, 9.17) is 4.74 Å². The van der Waals surface area contributed by atoms with Crippen molar-refractivity contribution in [3.05, 3.63) is 83.0 Å². The van der Waals surface area contributed by atoms with Crippen molar-refractivity contribution in [2.24, 2.45) is 0 Å². The number of aromatic nitrogens is 1. The van der Waals surface area contributed by atoms with Gasteiger partial charge in [-0.2, -0.15) is 0 Å². The van der Waals surface area contributed by atoms with E-state index in [9.17, 15) is 13.2 Å². The fraction of sp³-hybridized carbons (Fsp3) is 0.250. The molecule has 0 unspecified atom stereocenters. The van der Waals surface area contributed by atoms with Crippen molar-refractivity contribution >= 4 is 21.6 Å². The van der Waals surface area contributed by atoms with Crippen LogP contribution < -0.4 is 14.8 Å². The molecule has 0 aliphatic heterocycles. The second-order valence-electron chi connectivity index (χ2n) is 7.77. The lowest BCUT2D eigenvalue weighted by molar-refractivity contribution is 0.0950. The minimum Gasteiger partial charge on any atom is -0.475 e. The zero-order chi connectivity index (χ0) is 23.3. The lowest BCUT2D eigenvalue weighted by Gasteiger charge is -2.14. The summed E-state index contributed by atoms with van der Waals surface area (Å²) in [4.78, 5) is 17.1. The third-order valence-electron chi connectivity index (χ3n) is 4.65. The average molecular weight is 454 g/mol. The molecular weight excluding hydrogens is 426 g/mol. The molecule has 168 valence electrons. The molecule has 1 heterocycles. The van der Waals surface area contributed by atoms with Crippen LogP contribution in [0.25, 0.3) is 0 Å². The molecule has 0 radical (unpaired) electrons. The molecule has 1 amide bonds. The zero-order valence-corrected chi connectivity index (χ0v) is 19.4. The van der Waals surface area contributed by atoms with Gasteiger partial charge < -0.3 is 10.1 Å². The van der Waals surface area contributed by atoms with Gasteiger partial charge in [-0.15, -0.1) is 0 Å². The van der Waals surface area contributed by atoms with Gasteiger partial charge in [0.05, 0.1) is 11.0 Å². The summed E-state index contributed by atoms with van der Waals surface area (Å²) in [7, 11) is -3.79. The summed E-state index contributed by atoms with van der Waals surface area (Å²) in [6, 6.07) is 15.2. The van der Waals surface area contributed by atoms with E-state index >= 15 is 0 Å². The van der Waals surface area contributed by atoms with Crippen molar-refractivity contribution in [3.8, 4) is 5.88 Å². The second kappa shape index (κ2) is 9.82. The van der Waals surface area contributed by atoms with Gasteiger partial charge in [-0.1, -0.05) is 24.3 Å². The Morgan fingerprint density at radius 2 is 1.84 bits per heavy atom. The highest BCUT2D eigenvalue weighted by Crippen LogP contribution is 2.21. The highest BCUT2D eigenvalue weighted by atomic mass is 32.2. The number of amides is 1. The molecule has 0 aliphatic rings. The van der Waals surface area contributed by atoms with E-state index in [1.807, 2.05) is 32.9 Å². The summed E-state index contributed by atoms with van der Waals surface area (Å²) < 4.78 is 34.0. The minimum atomic E-state index is -3.79. The van der Waals surface area contributed by atoms with Crippen LogP contribution in [0.4, 0.5) is 5.69 Å². The number of anilines is 1. The Labute approximate surface area is 188 Å². The highest BCUT2D eigenvalue weighted by molar-refractivity contribution is 7.92. The maximum Gasteiger partial charge on any atom is 0.262 e. The summed E-state index contributed by atoms with van der Waals surface area (Å²) in [5, 5.41) is 2.83. The Morgan fingerprint density at radius 1 is 1.06 bits per heavy atom. The molecule has 0 saturated carbocycles. The number of carbonyl (C=O) groups is 1.